The van der Waals surface area contributed by atoms with E-state index in [1.165, 1.54) is 24.3 Å². The topological polar surface area (TPSA) is 52.9 Å². The van der Waals surface area contributed by atoms with Crippen molar-refractivity contribution in [2.75, 3.05) is 0 Å². The predicted octanol–water partition coefficient (Wildman–Crippen LogP) is 3.29. The molecule has 1 saturated carbocycles. The number of hydrogen-bond donors (Lipinski definition) is 1. The summed E-state index contributed by atoms with van der Waals surface area (Å²) in [6.45, 7) is 0. The van der Waals surface area contributed by atoms with Crippen LogP contribution < -0.4 is 5.32 Å². The number of hydrogen-bond acceptors (Lipinski definition) is 2. The fraction of sp³-hybridized carbons (Fsp3) is 0.467. The van der Waals surface area contributed by atoms with E-state index in [0.29, 0.717) is 12.8 Å². The molecule has 6 heteroatoms. The van der Waals surface area contributed by atoms with Gasteiger partial charge in [-0.1, -0.05) is 30.3 Å². The summed E-state index contributed by atoms with van der Waals surface area (Å²) < 4.78 is 39.4. The molecule has 2 rings (SSSR count). The van der Waals surface area contributed by atoms with Crippen molar-refractivity contribution in [3.63, 3.8) is 0 Å². The van der Waals surface area contributed by atoms with Crippen molar-refractivity contribution < 1.29 is 18.0 Å². The highest BCUT2D eigenvalue weighted by Crippen LogP contribution is 2.38. The lowest BCUT2D eigenvalue weighted by Gasteiger charge is -2.36. The van der Waals surface area contributed by atoms with Gasteiger partial charge in [0, 0.05) is 6.42 Å². The van der Waals surface area contributed by atoms with Crippen molar-refractivity contribution in [3.8, 4) is 6.07 Å². The second-order valence-corrected chi connectivity index (χ2v) is 5.30. The standard InChI is InChI=1S/C15H15F3N2O/c16-15(17,18)12(11-5-2-1-3-6-11)9-13(21)20-14(10-19)7-4-8-14/h1-3,5-6,12H,4,7-9H2,(H,20,21)/t12-/m0/s1. The maximum Gasteiger partial charge on any atom is 0.396 e. The Morgan fingerprint density at radius 1 is 1.33 bits per heavy atom. The molecule has 0 bridgehead atoms. The number of benzene rings is 1. The van der Waals surface area contributed by atoms with Crippen molar-refractivity contribution >= 4 is 5.91 Å². The maximum atomic E-state index is 13.1. The fourth-order valence-electron chi connectivity index (χ4n) is 2.41. The first-order valence-electron chi connectivity index (χ1n) is 6.70. The van der Waals surface area contributed by atoms with E-state index in [2.05, 4.69) is 5.32 Å². The number of halogens is 3. The van der Waals surface area contributed by atoms with Crippen molar-refractivity contribution in [2.45, 2.75) is 43.3 Å². The zero-order valence-electron chi connectivity index (χ0n) is 11.3. The molecule has 0 radical (unpaired) electrons. The monoisotopic (exact) mass is 296 g/mol. The van der Waals surface area contributed by atoms with Crippen LogP contribution in [0.2, 0.25) is 0 Å². The van der Waals surface area contributed by atoms with E-state index in [-0.39, 0.29) is 5.56 Å². The third kappa shape index (κ3) is 3.54. The van der Waals surface area contributed by atoms with Gasteiger partial charge in [0.25, 0.3) is 0 Å². The number of carbonyl (C=O) groups is 1. The van der Waals surface area contributed by atoms with E-state index in [1.807, 2.05) is 6.07 Å². The quantitative estimate of drug-likeness (QED) is 0.927. The summed E-state index contributed by atoms with van der Waals surface area (Å²) in [4.78, 5) is 11.9. The van der Waals surface area contributed by atoms with Crippen molar-refractivity contribution in [1.82, 2.24) is 5.32 Å². The number of nitriles is 1. The third-order valence-electron chi connectivity index (χ3n) is 3.79. The summed E-state index contributed by atoms with van der Waals surface area (Å²) in [5, 5.41) is 11.5. The van der Waals surface area contributed by atoms with Gasteiger partial charge in [-0.25, -0.2) is 0 Å². The van der Waals surface area contributed by atoms with Gasteiger partial charge in [0.15, 0.2) is 0 Å². The zero-order valence-corrected chi connectivity index (χ0v) is 11.3. The van der Waals surface area contributed by atoms with Crippen LogP contribution in [0.15, 0.2) is 30.3 Å². The van der Waals surface area contributed by atoms with E-state index >= 15 is 0 Å². The highest BCUT2D eigenvalue weighted by molar-refractivity contribution is 5.78. The second kappa shape index (κ2) is 5.76. The SMILES string of the molecule is N#CC1(NC(=O)C[C@@H](c2ccccc2)C(F)(F)F)CCC1. The molecule has 0 aromatic heterocycles. The lowest BCUT2D eigenvalue weighted by molar-refractivity contribution is -0.157. The van der Waals surface area contributed by atoms with Crippen LogP contribution in [0.4, 0.5) is 13.2 Å². The third-order valence-corrected chi connectivity index (χ3v) is 3.79. The Balaban J connectivity index is 2.10. The number of rotatable bonds is 4. The molecule has 1 atom stereocenters. The summed E-state index contributed by atoms with van der Waals surface area (Å²) in [5.74, 6) is -2.59. The average molecular weight is 296 g/mol. The molecule has 1 aromatic carbocycles. The molecule has 0 spiro atoms. The van der Waals surface area contributed by atoms with Crippen molar-refractivity contribution in [2.24, 2.45) is 0 Å². The van der Waals surface area contributed by atoms with Crippen molar-refractivity contribution in [3.05, 3.63) is 35.9 Å². The lowest BCUT2D eigenvalue weighted by Crippen LogP contribution is -2.52. The molecule has 1 amide bonds. The van der Waals surface area contributed by atoms with Crippen LogP contribution in [0.1, 0.15) is 37.2 Å². The molecule has 1 fully saturated rings. The van der Waals surface area contributed by atoms with E-state index in [0.717, 1.165) is 6.42 Å². The minimum atomic E-state index is -4.50. The van der Waals surface area contributed by atoms with Crippen LogP contribution in [0, 0.1) is 11.3 Å². The smallest absolute Gasteiger partial charge is 0.338 e. The van der Waals surface area contributed by atoms with Gasteiger partial charge in [-0.2, -0.15) is 18.4 Å². The molecule has 0 unspecified atom stereocenters. The van der Waals surface area contributed by atoms with Gasteiger partial charge in [0.2, 0.25) is 5.91 Å². The van der Waals surface area contributed by atoms with Crippen LogP contribution in [0.3, 0.4) is 0 Å². The summed E-state index contributed by atoms with van der Waals surface area (Å²) in [7, 11) is 0. The normalized spacial score (nSPS) is 18.2. The van der Waals surface area contributed by atoms with Crippen LogP contribution >= 0.6 is 0 Å². The molecular formula is C15H15F3N2O. The Bertz CT molecular complexity index is 544. The largest absolute Gasteiger partial charge is 0.396 e. The second-order valence-electron chi connectivity index (χ2n) is 5.30. The minimum Gasteiger partial charge on any atom is -0.338 e. The van der Waals surface area contributed by atoms with E-state index in [4.69, 9.17) is 5.26 Å². The summed E-state index contributed by atoms with van der Waals surface area (Å²) in [6.07, 6.45) is -3.40. The number of alkyl halides is 3. The highest BCUT2D eigenvalue weighted by atomic mass is 19.4. The first-order chi connectivity index (χ1) is 9.86. The summed E-state index contributed by atoms with van der Waals surface area (Å²) in [6, 6.07) is 9.33. The van der Waals surface area contributed by atoms with Gasteiger partial charge >= 0.3 is 6.18 Å². The maximum absolute atomic E-state index is 13.1. The first kappa shape index (κ1) is 15.4. The summed E-state index contributed by atoms with van der Waals surface area (Å²) >= 11 is 0. The fourth-order valence-corrected chi connectivity index (χ4v) is 2.41. The van der Waals surface area contributed by atoms with Crippen LogP contribution in [-0.4, -0.2) is 17.6 Å². The Morgan fingerprint density at radius 2 is 1.95 bits per heavy atom. The predicted molar refractivity (Wildman–Crippen MR) is 70.2 cm³/mol. The van der Waals surface area contributed by atoms with Gasteiger partial charge in [0.1, 0.15) is 5.54 Å². The van der Waals surface area contributed by atoms with Crippen LogP contribution in [0.25, 0.3) is 0 Å². The van der Waals surface area contributed by atoms with Crippen molar-refractivity contribution in [1.29, 1.82) is 5.26 Å². The minimum absolute atomic E-state index is 0.0553. The molecule has 1 aliphatic rings. The lowest BCUT2D eigenvalue weighted by atomic mass is 9.78. The van der Waals surface area contributed by atoms with Gasteiger partial charge < -0.3 is 5.32 Å². The van der Waals surface area contributed by atoms with E-state index in [9.17, 15) is 18.0 Å². The van der Waals surface area contributed by atoms with Gasteiger partial charge in [0.05, 0.1) is 12.0 Å². The molecule has 0 heterocycles. The first-order valence-corrected chi connectivity index (χ1v) is 6.70. The molecule has 1 aromatic rings. The van der Waals surface area contributed by atoms with E-state index in [1.54, 1.807) is 6.07 Å². The van der Waals surface area contributed by atoms with Gasteiger partial charge in [-0.05, 0) is 24.8 Å². The molecule has 1 N–H and O–H groups in total. The number of nitrogens with zero attached hydrogens (tertiary/aromatic N) is 1. The highest BCUT2D eigenvalue weighted by Gasteiger charge is 2.44. The molecular weight excluding hydrogens is 281 g/mol. The van der Waals surface area contributed by atoms with E-state index < -0.39 is 30.0 Å². The van der Waals surface area contributed by atoms with Gasteiger partial charge in [-0.15, -0.1) is 0 Å². The molecule has 21 heavy (non-hydrogen) atoms. The Hall–Kier alpha value is -2.03. The molecule has 0 saturated heterocycles. The Morgan fingerprint density at radius 3 is 2.38 bits per heavy atom. The number of carbonyl (C=O) groups excluding carboxylic acids is 1. The number of amides is 1. The molecule has 112 valence electrons. The van der Waals surface area contributed by atoms with Crippen LogP contribution in [-0.2, 0) is 4.79 Å². The van der Waals surface area contributed by atoms with Crippen LogP contribution in [0.5, 0.6) is 0 Å². The molecule has 0 aliphatic heterocycles. The molecule has 3 nitrogen and oxygen atoms in total. The Labute approximate surface area is 120 Å². The summed E-state index contributed by atoms with van der Waals surface area (Å²) in [5.41, 5.74) is -0.913. The average Bonchev–Trinajstić information content (AvgIpc) is 2.40. The van der Waals surface area contributed by atoms with Gasteiger partial charge in [-0.3, -0.25) is 4.79 Å². The molecule has 1 aliphatic carbocycles. The number of nitrogens with one attached hydrogen (secondary N) is 1. The Kier molecular flexibility index (Phi) is 4.21. The zero-order chi connectivity index (χ0) is 15.5.